The van der Waals surface area contributed by atoms with Crippen molar-refractivity contribution in [2.75, 3.05) is 24.5 Å². The molecule has 3 saturated heterocycles. The van der Waals surface area contributed by atoms with Crippen LogP contribution in [0, 0.1) is 18.8 Å². The van der Waals surface area contributed by atoms with Crippen molar-refractivity contribution in [3.05, 3.63) is 29.8 Å². The molecule has 3 fully saturated rings. The lowest BCUT2D eigenvalue weighted by molar-refractivity contribution is 0.0141. The maximum absolute atomic E-state index is 12.3. The number of anilines is 1. The van der Waals surface area contributed by atoms with Crippen LogP contribution in [0.2, 0.25) is 0 Å². The lowest BCUT2D eigenvalue weighted by Gasteiger charge is -2.29. The maximum Gasteiger partial charge on any atom is 0.275 e. The number of hydrogen-bond acceptors (Lipinski definition) is 8. The number of amides is 1. The molecule has 0 unspecified atom stereocenters. The number of hydrogen-bond donors (Lipinski definition) is 1. The summed E-state index contributed by atoms with van der Waals surface area (Å²) in [6, 6.07) is 1.82. The highest BCUT2D eigenvalue weighted by molar-refractivity contribution is 5.92. The Balaban J connectivity index is 1.30. The first-order chi connectivity index (χ1) is 12.7. The van der Waals surface area contributed by atoms with Crippen molar-refractivity contribution in [2.24, 2.45) is 11.8 Å². The molecule has 4 atom stereocenters. The van der Waals surface area contributed by atoms with E-state index in [1.54, 1.807) is 19.3 Å². The molecule has 9 nitrogen and oxygen atoms in total. The van der Waals surface area contributed by atoms with Gasteiger partial charge >= 0.3 is 0 Å². The molecule has 2 aromatic heterocycles. The van der Waals surface area contributed by atoms with Crippen molar-refractivity contribution in [3.8, 4) is 0 Å². The Morgan fingerprint density at radius 1 is 1.38 bits per heavy atom. The summed E-state index contributed by atoms with van der Waals surface area (Å²) in [7, 11) is 0. The van der Waals surface area contributed by atoms with E-state index in [1.165, 1.54) is 0 Å². The topological polar surface area (TPSA) is 106 Å². The minimum Gasteiger partial charge on any atom is -0.369 e. The molecule has 2 bridgehead atoms. The van der Waals surface area contributed by atoms with Gasteiger partial charge in [0.25, 0.3) is 5.91 Å². The summed E-state index contributed by atoms with van der Waals surface area (Å²) in [6.07, 6.45) is 5.82. The number of fused-ring (bicyclic) bond motifs is 1. The third-order valence-corrected chi connectivity index (χ3v) is 5.98. The largest absolute Gasteiger partial charge is 0.369 e. The van der Waals surface area contributed by atoms with E-state index in [0.717, 1.165) is 31.9 Å². The van der Waals surface area contributed by atoms with Crippen LogP contribution in [0.5, 0.6) is 0 Å². The highest BCUT2D eigenvalue weighted by Gasteiger charge is 2.63. The van der Waals surface area contributed by atoms with Crippen LogP contribution in [-0.4, -0.2) is 57.5 Å². The zero-order chi connectivity index (χ0) is 17.7. The average molecular weight is 356 g/mol. The first-order valence-corrected chi connectivity index (χ1v) is 8.93. The van der Waals surface area contributed by atoms with Crippen LogP contribution in [0.15, 0.2) is 23.1 Å². The van der Waals surface area contributed by atoms with E-state index in [0.29, 0.717) is 18.2 Å². The third kappa shape index (κ3) is 2.30. The Morgan fingerprint density at radius 3 is 3.00 bits per heavy atom. The van der Waals surface area contributed by atoms with Crippen LogP contribution in [0.4, 0.5) is 5.95 Å². The smallest absolute Gasteiger partial charge is 0.275 e. The van der Waals surface area contributed by atoms with E-state index < -0.39 is 0 Å². The molecule has 1 N–H and O–H groups in total. The molecule has 5 rings (SSSR count). The molecule has 136 valence electrons. The van der Waals surface area contributed by atoms with Crippen molar-refractivity contribution in [1.29, 1.82) is 0 Å². The van der Waals surface area contributed by atoms with Crippen LogP contribution in [0.3, 0.4) is 0 Å². The van der Waals surface area contributed by atoms with Crippen LogP contribution < -0.4 is 10.2 Å². The molecule has 9 heteroatoms. The first-order valence-electron chi connectivity index (χ1n) is 8.93. The standard InChI is InChI=1S/C17H20N6O3/c1-10-14(22-26-21-10)15(24)20-7-11-12-8-23(16-18-5-2-6-19-16)9-17(12)4-3-13(11)25-17/h2,5-6,11-13H,3-4,7-9H2,1H3,(H,20,24)/t11-,12+,13+,17+/m0/s1. The molecule has 1 spiro atoms. The zero-order valence-electron chi connectivity index (χ0n) is 14.5. The van der Waals surface area contributed by atoms with Crippen LogP contribution in [0.25, 0.3) is 0 Å². The number of nitrogens with zero attached hydrogens (tertiary/aromatic N) is 5. The van der Waals surface area contributed by atoms with Crippen molar-refractivity contribution in [3.63, 3.8) is 0 Å². The number of nitrogens with one attached hydrogen (secondary N) is 1. The van der Waals surface area contributed by atoms with Crippen LogP contribution in [-0.2, 0) is 4.74 Å². The van der Waals surface area contributed by atoms with Gasteiger partial charge in [0.2, 0.25) is 5.95 Å². The minimum absolute atomic E-state index is 0.134. The molecule has 5 heterocycles. The summed E-state index contributed by atoms with van der Waals surface area (Å²) in [4.78, 5) is 23.3. The summed E-state index contributed by atoms with van der Waals surface area (Å²) in [6.45, 7) is 3.93. The minimum atomic E-state index is -0.248. The van der Waals surface area contributed by atoms with Gasteiger partial charge < -0.3 is 15.0 Å². The lowest BCUT2D eigenvalue weighted by atomic mass is 9.73. The predicted octanol–water partition coefficient (Wildman–Crippen LogP) is 0.582. The molecule has 2 aromatic rings. The molecule has 0 aliphatic carbocycles. The number of ether oxygens (including phenoxy) is 1. The van der Waals surface area contributed by atoms with E-state index in [9.17, 15) is 4.79 Å². The molecular weight excluding hydrogens is 336 g/mol. The number of carbonyl (C=O) groups excluding carboxylic acids is 1. The molecule has 0 radical (unpaired) electrons. The van der Waals surface area contributed by atoms with E-state index in [4.69, 9.17) is 4.74 Å². The van der Waals surface area contributed by atoms with Crippen molar-refractivity contribution in [1.82, 2.24) is 25.6 Å². The van der Waals surface area contributed by atoms with Gasteiger partial charge in [0.15, 0.2) is 5.69 Å². The SMILES string of the molecule is Cc1nonc1C(=O)NC[C@H]1[C@H]2CN(c3ncccn3)C[C@]23CC[C@H]1O3. The Kier molecular flexibility index (Phi) is 3.46. The summed E-state index contributed by atoms with van der Waals surface area (Å²) in [5, 5.41) is 10.3. The van der Waals surface area contributed by atoms with Gasteiger partial charge in [0.05, 0.1) is 18.2 Å². The Hall–Kier alpha value is -2.55. The maximum atomic E-state index is 12.3. The quantitative estimate of drug-likeness (QED) is 0.848. The summed E-state index contributed by atoms with van der Waals surface area (Å²) >= 11 is 0. The fourth-order valence-electron chi connectivity index (χ4n) is 4.80. The second-order valence-corrected chi connectivity index (χ2v) is 7.37. The molecule has 26 heavy (non-hydrogen) atoms. The van der Waals surface area contributed by atoms with Gasteiger partial charge in [-0.05, 0) is 31.0 Å². The molecule has 1 amide bonds. The highest BCUT2D eigenvalue weighted by Crippen LogP contribution is 2.54. The Labute approximate surface area is 150 Å². The van der Waals surface area contributed by atoms with E-state index >= 15 is 0 Å². The van der Waals surface area contributed by atoms with Gasteiger partial charge in [-0.3, -0.25) is 4.79 Å². The normalized spacial score (nSPS) is 32.0. The predicted molar refractivity (Wildman–Crippen MR) is 89.4 cm³/mol. The van der Waals surface area contributed by atoms with Crippen LogP contribution >= 0.6 is 0 Å². The van der Waals surface area contributed by atoms with Gasteiger partial charge in [0.1, 0.15) is 5.69 Å². The van der Waals surface area contributed by atoms with Crippen molar-refractivity contribution in [2.45, 2.75) is 31.5 Å². The average Bonchev–Trinajstić information content (AvgIpc) is 3.40. The van der Waals surface area contributed by atoms with Gasteiger partial charge in [-0.15, -0.1) is 0 Å². The Morgan fingerprint density at radius 2 is 2.23 bits per heavy atom. The third-order valence-electron chi connectivity index (χ3n) is 5.98. The second kappa shape index (κ2) is 5.73. The van der Waals surface area contributed by atoms with Crippen molar-refractivity contribution >= 4 is 11.9 Å². The summed E-state index contributed by atoms with van der Waals surface area (Å²) < 4.78 is 11.0. The number of rotatable bonds is 4. The van der Waals surface area contributed by atoms with Gasteiger partial charge in [-0.25, -0.2) is 14.6 Å². The first kappa shape index (κ1) is 15.7. The zero-order valence-corrected chi connectivity index (χ0v) is 14.5. The second-order valence-electron chi connectivity index (χ2n) is 7.37. The fourth-order valence-corrected chi connectivity index (χ4v) is 4.80. The van der Waals surface area contributed by atoms with Gasteiger partial charge in [-0.2, -0.15) is 0 Å². The highest BCUT2D eigenvalue weighted by atomic mass is 16.6. The fraction of sp³-hybridized carbons (Fsp3) is 0.588. The van der Waals surface area contributed by atoms with E-state index in [2.05, 4.69) is 35.1 Å². The summed E-state index contributed by atoms with van der Waals surface area (Å²) in [5.74, 6) is 1.14. The molecule has 0 saturated carbocycles. The van der Waals surface area contributed by atoms with Crippen LogP contribution in [0.1, 0.15) is 29.0 Å². The number of aryl methyl sites for hydroxylation is 1. The van der Waals surface area contributed by atoms with Gasteiger partial charge in [0, 0.05) is 37.3 Å². The van der Waals surface area contributed by atoms with Gasteiger partial charge in [-0.1, -0.05) is 5.16 Å². The van der Waals surface area contributed by atoms with E-state index in [1.807, 2.05) is 6.07 Å². The van der Waals surface area contributed by atoms with E-state index in [-0.39, 0.29) is 29.2 Å². The lowest BCUT2D eigenvalue weighted by Crippen LogP contribution is -2.42. The monoisotopic (exact) mass is 356 g/mol. The Bertz CT molecular complexity index is 827. The summed E-state index contributed by atoms with van der Waals surface area (Å²) in [5.41, 5.74) is 0.607. The molecule has 3 aliphatic rings. The molecule has 3 aliphatic heterocycles. The molecular formula is C17H20N6O3. The number of aromatic nitrogens is 4. The number of carbonyl (C=O) groups is 1. The molecule has 0 aromatic carbocycles. The van der Waals surface area contributed by atoms with Crippen molar-refractivity contribution < 1.29 is 14.2 Å².